The van der Waals surface area contributed by atoms with Crippen LogP contribution in [-0.4, -0.2) is 29.9 Å². The summed E-state index contributed by atoms with van der Waals surface area (Å²) in [7, 11) is 0. The van der Waals surface area contributed by atoms with Crippen LogP contribution >= 0.6 is 0 Å². The minimum absolute atomic E-state index is 0.00417. The van der Waals surface area contributed by atoms with Crippen molar-refractivity contribution in [2.45, 2.75) is 39.7 Å². The van der Waals surface area contributed by atoms with Gasteiger partial charge in [0.15, 0.2) is 0 Å². The fourth-order valence-corrected chi connectivity index (χ4v) is 2.52. The predicted molar refractivity (Wildman–Crippen MR) is 83.7 cm³/mol. The molecule has 1 fully saturated rings. The number of para-hydroxylation sites is 1. The summed E-state index contributed by atoms with van der Waals surface area (Å²) >= 11 is 0. The fraction of sp³-hybridized carbons (Fsp3) is 0.471. The third-order valence-corrected chi connectivity index (χ3v) is 4.00. The van der Waals surface area contributed by atoms with Crippen molar-refractivity contribution in [3.05, 3.63) is 41.5 Å². The molecule has 1 saturated heterocycles. The lowest BCUT2D eigenvalue weighted by Gasteiger charge is -2.24. The highest BCUT2D eigenvalue weighted by Crippen LogP contribution is 2.21. The van der Waals surface area contributed by atoms with Gasteiger partial charge < -0.3 is 5.32 Å². The van der Waals surface area contributed by atoms with Crippen LogP contribution in [0.3, 0.4) is 0 Å². The third kappa shape index (κ3) is 3.70. The second-order valence-corrected chi connectivity index (χ2v) is 5.76. The summed E-state index contributed by atoms with van der Waals surface area (Å²) in [6.07, 6.45) is 2.05. The number of carbonyl (C=O) groups excluding carboxylic acids is 1. The van der Waals surface area contributed by atoms with Crippen molar-refractivity contribution >= 4 is 11.6 Å². The first-order valence-corrected chi connectivity index (χ1v) is 7.31. The SMILES string of the molecule is CC(C)=C(C)CN1CCC[C@@H]1C(=O)Nc1ccccc1. The number of likely N-dealkylation sites (tertiary alicyclic amines) is 1. The smallest absolute Gasteiger partial charge is 0.241 e. The second-order valence-electron chi connectivity index (χ2n) is 5.76. The van der Waals surface area contributed by atoms with Crippen molar-refractivity contribution in [1.82, 2.24) is 4.90 Å². The van der Waals surface area contributed by atoms with E-state index in [4.69, 9.17) is 0 Å². The lowest BCUT2D eigenvalue weighted by molar-refractivity contribution is -0.120. The molecule has 0 aliphatic carbocycles. The fourth-order valence-electron chi connectivity index (χ4n) is 2.52. The Morgan fingerprint density at radius 2 is 1.95 bits per heavy atom. The summed E-state index contributed by atoms with van der Waals surface area (Å²) in [4.78, 5) is 14.7. The van der Waals surface area contributed by atoms with E-state index in [-0.39, 0.29) is 11.9 Å². The lowest BCUT2D eigenvalue weighted by Crippen LogP contribution is -2.40. The molecule has 1 atom stereocenters. The summed E-state index contributed by atoms with van der Waals surface area (Å²) in [5.74, 6) is 0.121. The summed E-state index contributed by atoms with van der Waals surface area (Å²) in [5.41, 5.74) is 3.59. The van der Waals surface area contributed by atoms with E-state index in [0.29, 0.717) is 0 Å². The van der Waals surface area contributed by atoms with Crippen LogP contribution in [0.2, 0.25) is 0 Å². The van der Waals surface area contributed by atoms with Gasteiger partial charge >= 0.3 is 0 Å². The van der Waals surface area contributed by atoms with Gasteiger partial charge in [0.2, 0.25) is 5.91 Å². The topological polar surface area (TPSA) is 32.3 Å². The Balaban J connectivity index is 2.00. The summed E-state index contributed by atoms with van der Waals surface area (Å²) in [5, 5.41) is 3.02. The van der Waals surface area contributed by atoms with Crippen LogP contribution in [0.5, 0.6) is 0 Å². The minimum Gasteiger partial charge on any atom is -0.325 e. The van der Waals surface area contributed by atoms with Gasteiger partial charge in [0.05, 0.1) is 6.04 Å². The van der Waals surface area contributed by atoms with Crippen molar-refractivity contribution in [2.24, 2.45) is 0 Å². The van der Waals surface area contributed by atoms with E-state index in [1.165, 1.54) is 11.1 Å². The first kappa shape index (κ1) is 14.8. The molecule has 1 aliphatic heterocycles. The molecule has 1 amide bonds. The molecule has 1 aromatic rings. The Hall–Kier alpha value is -1.61. The molecule has 0 unspecified atom stereocenters. The first-order valence-electron chi connectivity index (χ1n) is 7.31. The van der Waals surface area contributed by atoms with Gasteiger partial charge in [0.1, 0.15) is 0 Å². The van der Waals surface area contributed by atoms with E-state index in [1.807, 2.05) is 30.3 Å². The van der Waals surface area contributed by atoms with Crippen LogP contribution in [-0.2, 0) is 4.79 Å². The zero-order valence-corrected chi connectivity index (χ0v) is 12.6. The van der Waals surface area contributed by atoms with Gasteiger partial charge in [-0.25, -0.2) is 0 Å². The minimum atomic E-state index is 0.00417. The molecule has 0 bridgehead atoms. The van der Waals surface area contributed by atoms with Gasteiger partial charge in [-0.05, 0) is 52.3 Å². The Labute approximate surface area is 121 Å². The van der Waals surface area contributed by atoms with Crippen LogP contribution in [0.4, 0.5) is 5.69 Å². The number of nitrogens with one attached hydrogen (secondary N) is 1. The molecule has 3 heteroatoms. The zero-order valence-electron chi connectivity index (χ0n) is 12.6. The van der Waals surface area contributed by atoms with Gasteiger partial charge in [-0.1, -0.05) is 29.3 Å². The summed E-state index contributed by atoms with van der Waals surface area (Å²) in [6, 6.07) is 9.70. The predicted octanol–water partition coefficient (Wildman–Crippen LogP) is 3.45. The Bertz CT molecular complexity index is 489. The number of nitrogens with zero attached hydrogens (tertiary/aromatic N) is 1. The average molecular weight is 272 g/mol. The maximum atomic E-state index is 12.4. The van der Waals surface area contributed by atoms with E-state index in [2.05, 4.69) is 31.0 Å². The molecule has 1 N–H and O–H groups in total. The first-order chi connectivity index (χ1) is 9.58. The van der Waals surface area contributed by atoms with Gasteiger partial charge in [-0.15, -0.1) is 0 Å². The van der Waals surface area contributed by atoms with Crippen molar-refractivity contribution in [2.75, 3.05) is 18.4 Å². The number of hydrogen-bond acceptors (Lipinski definition) is 2. The van der Waals surface area contributed by atoms with Gasteiger partial charge in [-0.2, -0.15) is 0 Å². The van der Waals surface area contributed by atoms with Gasteiger partial charge in [0.25, 0.3) is 0 Å². The number of carbonyl (C=O) groups is 1. The highest BCUT2D eigenvalue weighted by atomic mass is 16.2. The van der Waals surface area contributed by atoms with Crippen molar-refractivity contribution < 1.29 is 4.79 Å². The molecular weight excluding hydrogens is 248 g/mol. The molecule has 20 heavy (non-hydrogen) atoms. The van der Waals surface area contributed by atoms with Gasteiger partial charge in [0, 0.05) is 12.2 Å². The number of amides is 1. The largest absolute Gasteiger partial charge is 0.325 e. The number of anilines is 1. The van der Waals surface area contributed by atoms with Gasteiger partial charge in [-0.3, -0.25) is 9.69 Å². The normalized spacial score (nSPS) is 18.9. The Morgan fingerprint density at radius 3 is 2.60 bits per heavy atom. The van der Waals surface area contributed by atoms with E-state index < -0.39 is 0 Å². The molecular formula is C17H24N2O. The van der Waals surface area contributed by atoms with E-state index in [0.717, 1.165) is 31.6 Å². The van der Waals surface area contributed by atoms with Crippen molar-refractivity contribution in [3.63, 3.8) is 0 Å². The molecule has 1 aliphatic rings. The van der Waals surface area contributed by atoms with E-state index in [9.17, 15) is 4.79 Å². The highest BCUT2D eigenvalue weighted by Gasteiger charge is 2.30. The molecule has 0 saturated carbocycles. The molecule has 0 spiro atoms. The highest BCUT2D eigenvalue weighted by molar-refractivity contribution is 5.95. The molecule has 108 valence electrons. The molecule has 0 radical (unpaired) electrons. The third-order valence-electron chi connectivity index (χ3n) is 4.00. The number of allylic oxidation sites excluding steroid dienone is 1. The van der Waals surface area contributed by atoms with Crippen LogP contribution in [0.25, 0.3) is 0 Å². The maximum Gasteiger partial charge on any atom is 0.241 e. The number of benzene rings is 1. The van der Waals surface area contributed by atoms with Crippen LogP contribution in [0.15, 0.2) is 41.5 Å². The molecule has 3 nitrogen and oxygen atoms in total. The van der Waals surface area contributed by atoms with Crippen LogP contribution < -0.4 is 5.32 Å². The standard InChI is InChI=1S/C17H24N2O/c1-13(2)14(3)12-19-11-7-10-16(19)17(20)18-15-8-5-4-6-9-15/h4-6,8-9,16H,7,10-12H2,1-3H3,(H,18,20)/t16-/m1/s1. The zero-order chi connectivity index (χ0) is 14.5. The van der Waals surface area contributed by atoms with Crippen LogP contribution in [0, 0.1) is 0 Å². The van der Waals surface area contributed by atoms with Crippen LogP contribution in [0.1, 0.15) is 33.6 Å². The molecule has 0 aromatic heterocycles. The average Bonchev–Trinajstić information content (AvgIpc) is 2.88. The molecule has 2 rings (SSSR count). The Morgan fingerprint density at radius 1 is 1.25 bits per heavy atom. The monoisotopic (exact) mass is 272 g/mol. The lowest BCUT2D eigenvalue weighted by atomic mass is 10.1. The second kappa shape index (κ2) is 6.71. The molecule has 1 heterocycles. The van der Waals surface area contributed by atoms with Crippen molar-refractivity contribution in [1.29, 1.82) is 0 Å². The van der Waals surface area contributed by atoms with E-state index >= 15 is 0 Å². The number of rotatable bonds is 4. The summed E-state index contributed by atoms with van der Waals surface area (Å²) < 4.78 is 0. The molecule has 1 aromatic carbocycles. The van der Waals surface area contributed by atoms with Crippen molar-refractivity contribution in [3.8, 4) is 0 Å². The Kier molecular flexibility index (Phi) is 4.96. The quantitative estimate of drug-likeness (QED) is 0.851. The maximum absolute atomic E-state index is 12.4. The van der Waals surface area contributed by atoms with E-state index in [1.54, 1.807) is 0 Å². The summed E-state index contributed by atoms with van der Waals surface area (Å²) in [6.45, 7) is 8.32. The number of hydrogen-bond donors (Lipinski definition) is 1.